The Labute approximate surface area is 135 Å². The normalized spacial score (nSPS) is 19.1. The fourth-order valence-corrected chi connectivity index (χ4v) is 2.59. The Balaban J connectivity index is 0.00000220. The van der Waals surface area contributed by atoms with Crippen molar-refractivity contribution in [2.24, 2.45) is 0 Å². The fourth-order valence-electron chi connectivity index (χ4n) is 2.22. The van der Waals surface area contributed by atoms with E-state index < -0.39 is 17.6 Å². The number of piperazine rings is 1. The van der Waals surface area contributed by atoms with Crippen LogP contribution in [0.4, 0.5) is 13.2 Å². The van der Waals surface area contributed by atoms with Crippen LogP contribution >= 0.6 is 28.3 Å². The van der Waals surface area contributed by atoms with Gasteiger partial charge in [-0.05, 0) is 25.1 Å². The van der Waals surface area contributed by atoms with Gasteiger partial charge in [0.15, 0.2) is 0 Å². The Bertz CT molecular complexity index is 525. The molecule has 1 atom stereocenters. The average molecular weight is 388 g/mol. The Morgan fingerprint density at radius 1 is 1.43 bits per heavy atom. The van der Waals surface area contributed by atoms with Crippen molar-refractivity contribution in [1.82, 2.24) is 10.2 Å². The van der Waals surface area contributed by atoms with Crippen LogP contribution in [0.15, 0.2) is 22.7 Å². The van der Waals surface area contributed by atoms with Crippen molar-refractivity contribution in [3.05, 3.63) is 33.8 Å². The van der Waals surface area contributed by atoms with E-state index in [2.05, 4.69) is 21.2 Å². The number of hydrogen-bond donors (Lipinski definition) is 1. The van der Waals surface area contributed by atoms with Gasteiger partial charge in [0, 0.05) is 30.1 Å². The van der Waals surface area contributed by atoms with Gasteiger partial charge in [-0.2, -0.15) is 13.2 Å². The van der Waals surface area contributed by atoms with Gasteiger partial charge in [0.05, 0.1) is 11.1 Å². The average Bonchev–Trinajstić information content (AvgIpc) is 2.37. The molecule has 0 radical (unpaired) electrons. The molecule has 0 aliphatic carbocycles. The molecular formula is C13H15BrClF3N2O. The minimum Gasteiger partial charge on any atom is -0.336 e. The van der Waals surface area contributed by atoms with Crippen LogP contribution < -0.4 is 5.32 Å². The summed E-state index contributed by atoms with van der Waals surface area (Å²) in [6, 6.07) is 3.70. The van der Waals surface area contributed by atoms with E-state index in [4.69, 9.17) is 0 Å². The van der Waals surface area contributed by atoms with Crippen molar-refractivity contribution < 1.29 is 18.0 Å². The zero-order valence-corrected chi connectivity index (χ0v) is 13.6. The lowest BCUT2D eigenvalue weighted by molar-refractivity contribution is -0.138. The van der Waals surface area contributed by atoms with E-state index in [1.54, 1.807) is 0 Å². The van der Waals surface area contributed by atoms with E-state index in [0.717, 1.165) is 6.07 Å². The molecule has 118 valence electrons. The number of rotatable bonds is 1. The SMILES string of the molecule is CC1CN(C(=O)c2ccc(Br)cc2C(F)(F)F)CCN1.Cl. The topological polar surface area (TPSA) is 32.3 Å². The number of halogens is 5. The Morgan fingerprint density at radius 2 is 2.10 bits per heavy atom. The first kappa shape index (κ1) is 18.3. The molecule has 0 aromatic heterocycles. The molecule has 3 nitrogen and oxygen atoms in total. The molecule has 21 heavy (non-hydrogen) atoms. The number of carbonyl (C=O) groups excluding carboxylic acids is 1. The van der Waals surface area contributed by atoms with Crippen LogP contribution in [-0.4, -0.2) is 36.5 Å². The van der Waals surface area contributed by atoms with Crippen molar-refractivity contribution in [3.63, 3.8) is 0 Å². The quantitative estimate of drug-likeness (QED) is 0.802. The molecule has 1 aromatic carbocycles. The predicted molar refractivity (Wildman–Crippen MR) is 79.8 cm³/mol. The summed E-state index contributed by atoms with van der Waals surface area (Å²) in [7, 11) is 0. The highest BCUT2D eigenvalue weighted by Crippen LogP contribution is 2.34. The van der Waals surface area contributed by atoms with E-state index >= 15 is 0 Å². The summed E-state index contributed by atoms with van der Waals surface area (Å²) in [6.07, 6.45) is -4.55. The third-order valence-corrected chi connectivity index (χ3v) is 3.67. The first-order chi connectivity index (χ1) is 9.29. The van der Waals surface area contributed by atoms with Gasteiger partial charge in [-0.1, -0.05) is 15.9 Å². The van der Waals surface area contributed by atoms with E-state index in [1.807, 2.05) is 6.92 Å². The highest BCUT2D eigenvalue weighted by molar-refractivity contribution is 9.10. The maximum Gasteiger partial charge on any atom is 0.417 e. The van der Waals surface area contributed by atoms with Crippen LogP contribution in [-0.2, 0) is 6.18 Å². The molecule has 1 heterocycles. The molecule has 8 heteroatoms. The Hall–Kier alpha value is -0.790. The molecule has 1 amide bonds. The number of nitrogens with one attached hydrogen (secondary N) is 1. The number of hydrogen-bond acceptors (Lipinski definition) is 2. The lowest BCUT2D eigenvalue weighted by Gasteiger charge is -2.32. The second kappa shape index (κ2) is 6.98. The molecule has 1 saturated heterocycles. The molecule has 1 fully saturated rings. The smallest absolute Gasteiger partial charge is 0.336 e. The fraction of sp³-hybridized carbons (Fsp3) is 0.462. The summed E-state index contributed by atoms with van der Waals surface area (Å²) in [5.74, 6) is -0.571. The van der Waals surface area contributed by atoms with Crippen molar-refractivity contribution in [2.75, 3.05) is 19.6 Å². The maximum absolute atomic E-state index is 13.0. The van der Waals surface area contributed by atoms with Gasteiger partial charge in [0.2, 0.25) is 0 Å². The summed E-state index contributed by atoms with van der Waals surface area (Å²) >= 11 is 3.01. The lowest BCUT2D eigenvalue weighted by atomic mass is 10.0. The predicted octanol–water partition coefficient (Wildman–Crippen LogP) is 3.32. The van der Waals surface area contributed by atoms with E-state index in [9.17, 15) is 18.0 Å². The second-order valence-electron chi connectivity index (χ2n) is 4.79. The van der Waals surface area contributed by atoms with Gasteiger partial charge in [-0.15, -0.1) is 12.4 Å². The van der Waals surface area contributed by atoms with Crippen LogP contribution in [0.25, 0.3) is 0 Å². The van der Waals surface area contributed by atoms with Gasteiger partial charge in [-0.3, -0.25) is 4.79 Å². The standard InChI is InChI=1S/C13H14BrF3N2O.ClH/c1-8-7-19(5-4-18-8)12(20)10-3-2-9(14)6-11(10)13(15,16)17;/h2-3,6,8,18H,4-5,7H2,1H3;1H. The van der Waals surface area contributed by atoms with E-state index in [-0.39, 0.29) is 24.0 Å². The van der Waals surface area contributed by atoms with Crippen molar-refractivity contribution in [3.8, 4) is 0 Å². The lowest BCUT2D eigenvalue weighted by Crippen LogP contribution is -2.51. The molecule has 1 N–H and O–H groups in total. The summed E-state index contributed by atoms with van der Waals surface area (Å²) in [5.41, 5.74) is -1.20. The minimum atomic E-state index is -4.55. The van der Waals surface area contributed by atoms with E-state index in [0.29, 0.717) is 24.1 Å². The van der Waals surface area contributed by atoms with Gasteiger partial charge in [-0.25, -0.2) is 0 Å². The summed E-state index contributed by atoms with van der Waals surface area (Å²) in [4.78, 5) is 13.8. The molecular weight excluding hydrogens is 373 g/mol. The first-order valence-electron chi connectivity index (χ1n) is 6.18. The van der Waals surface area contributed by atoms with Gasteiger partial charge < -0.3 is 10.2 Å². The summed E-state index contributed by atoms with van der Waals surface area (Å²) in [5, 5.41) is 3.15. The number of benzene rings is 1. The molecule has 0 spiro atoms. The summed E-state index contributed by atoms with van der Waals surface area (Å²) < 4.78 is 39.4. The van der Waals surface area contributed by atoms with Crippen LogP contribution in [0.3, 0.4) is 0 Å². The van der Waals surface area contributed by atoms with Crippen molar-refractivity contribution >= 4 is 34.2 Å². The molecule has 1 aromatic rings. The zero-order chi connectivity index (χ0) is 14.9. The number of alkyl halides is 3. The molecule has 2 rings (SSSR count). The maximum atomic E-state index is 13.0. The Kier molecular flexibility index (Phi) is 6.07. The minimum absolute atomic E-state index is 0. The van der Waals surface area contributed by atoms with Gasteiger partial charge in [0.1, 0.15) is 0 Å². The molecule has 0 saturated carbocycles. The van der Waals surface area contributed by atoms with Gasteiger partial charge in [0.25, 0.3) is 5.91 Å². The number of amides is 1. The molecule has 1 aliphatic heterocycles. The number of carbonyl (C=O) groups is 1. The van der Waals surface area contributed by atoms with Crippen LogP contribution in [0, 0.1) is 0 Å². The number of nitrogens with zero attached hydrogens (tertiary/aromatic N) is 1. The third kappa shape index (κ3) is 4.34. The largest absolute Gasteiger partial charge is 0.417 e. The van der Waals surface area contributed by atoms with E-state index in [1.165, 1.54) is 17.0 Å². The second-order valence-corrected chi connectivity index (χ2v) is 5.71. The first-order valence-corrected chi connectivity index (χ1v) is 6.97. The molecule has 0 bridgehead atoms. The zero-order valence-electron chi connectivity index (χ0n) is 11.2. The molecule has 1 aliphatic rings. The van der Waals surface area contributed by atoms with Crippen LogP contribution in [0.5, 0.6) is 0 Å². The van der Waals surface area contributed by atoms with Crippen LogP contribution in [0.2, 0.25) is 0 Å². The van der Waals surface area contributed by atoms with Crippen molar-refractivity contribution in [2.45, 2.75) is 19.1 Å². The molecule has 1 unspecified atom stereocenters. The van der Waals surface area contributed by atoms with Gasteiger partial charge >= 0.3 is 6.18 Å². The monoisotopic (exact) mass is 386 g/mol. The Morgan fingerprint density at radius 3 is 2.67 bits per heavy atom. The highest BCUT2D eigenvalue weighted by atomic mass is 79.9. The third-order valence-electron chi connectivity index (χ3n) is 3.17. The van der Waals surface area contributed by atoms with Crippen LogP contribution in [0.1, 0.15) is 22.8 Å². The van der Waals surface area contributed by atoms with Crippen molar-refractivity contribution in [1.29, 1.82) is 0 Å². The highest BCUT2D eigenvalue weighted by Gasteiger charge is 2.36. The summed E-state index contributed by atoms with van der Waals surface area (Å²) in [6.45, 7) is 3.30.